The first-order chi connectivity index (χ1) is 12.9. The van der Waals surface area contributed by atoms with Crippen molar-refractivity contribution in [2.24, 2.45) is 0 Å². The van der Waals surface area contributed by atoms with Crippen LogP contribution in [0, 0.1) is 0 Å². The molecule has 0 aromatic carbocycles. The molecule has 1 fully saturated rings. The van der Waals surface area contributed by atoms with Gasteiger partial charge >= 0.3 is 30.0 Å². The van der Waals surface area contributed by atoms with Crippen molar-refractivity contribution in [3.63, 3.8) is 0 Å². The molecule has 0 aromatic heterocycles. The molecular formula is C15H20F3NO9. The molecule has 1 aliphatic rings. The normalized spacial score (nSPS) is 27.5. The third kappa shape index (κ3) is 6.64. The molecular weight excluding hydrogens is 395 g/mol. The Hall–Kier alpha value is -2.41. The standard InChI is InChI=1S/C15H20F3NO9/c1-6(20)25-5-9-11(26-7(2)21)12(27-8(3)22)10(13(24-4)28-9)19-14(23)15(16,17)18/h9-13H,5H2,1-4H3,(H,19,23). The molecule has 1 saturated heterocycles. The highest BCUT2D eigenvalue weighted by atomic mass is 19.4. The molecule has 5 unspecified atom stereocenters. The Morgan fingerprint density at radius 1 is 0.964 bits per heavy atom. The van der Waals surface area contributed by atoms with Crippen LogP contribution in [0.5, 0.6) is 0 Å². The fraction of sp³-hybridized carbons (Fsp3) is 0.733. The molecule has 13 heteroatoms. The number of nitrogens with one attached hydrogen (secondary N) is 1. The summed E-state index contributed by atoms with van der Waals surface area (Å²) < 4.78 is 63.2. The average molecular weight is 415 g/mol. The number of esters is 3. The number of hydrogen-bond acceptors (Lipinski definition) is 9. The van der Waals surface area contributed by atoms with E-state index in [0.29, 0.717) is 0 Å². The number of carbonyl (C=O) groups excluding carboxylic acids is 4. The molecule has 1 N–H and O–H groups in total. The topological polar surface area (TPSA) is 126 Å². The number of amides is 1. The highest BCUT2D eigenvalue weighted by Crippen LogP contribution is 2.28. The molecule has 0 bridgehead atoms. The third-order valence-electron chi connectivity index (χ3n) is 3.49. The Kier molecular flexibility index (Phi) is 8.17. The minimum absolute atomic E-state index is 0.481. The summed E-state index contributed by atoms with van der Waals surface area (Å²) in [5, 5.41) is 1.61. The van der Waals surface area contributed by atoms with Crippen LogP contribution in [0.2, 0.25) is 0 Å². The highest BCUT2D eigenvalue weighted by Gasteiger charge is 2.53. The van der Waals surface area contributed by atoms with Crippen molar-refractivity contribution < 1.29 is 56.0 Å². The van der Waals surface area contributed by atoms with Crippen molar-refractivity contribution in [3.05, 3.63) is 0 Å². The van der Waals surface area contributed by atoms with E-state index in [4.69, 9.17) is 23.7 Å². The van der Waals surface area contributed by atoms with E-state index in [1.54, 1.807) is 5.32 Å². The van der Waals surface area contributed by atoms with Gasteiger partial charge in [0.05, 0.1) is 0 Å². The first-order valence-electron chi connectivity index (χ1n) is 7.90. The zero-order valence-corrected chi connectivity index (χ0v) is 15.4. The predicted molar refractivity (Wildman–Crippen MR) is 81.4 cm³/mol. The van der Waals surface area contributed by atoms with Crippen LogP contribution in [-0.2, 0) is 42.9 Å². The SMILES string of the molecule is COC1OC(COC(C)=O)C(OC(C)=O)C(OC(C)=O)C1NC(=O)C(F)(F)F. The van der Waals surface area contributed by atoms with E-state index >= 15 is 0 Å². The molecule has 1 rings (SSSR count). The van der Waals surface area contributed by atoms with E-state index in [-0.39, 0.29) is 0 Å². The van der Waals surface area contributed by atoms with Crippen molar-refractivity contribution in [3.8, 4) is 0 Å². The molecule has 5 atom stereocenters. The summed E-state index contributed by atoms with van der Waals surface area (Å²) in [7, 11) is 1.07. The molecule has 10 nitrogen and oxygen atoms in total. The number of rotatable bonds is 6. The average Bonchev–Trinajstić information content (AvgIpc) is 2.54. The Bertz CT molecular complexity index is 610. The molecule has 0 aliphatic carbocycles. The summed E-state index contributed by atoms with van der Waals surface area (Å²) in [6.07, 6.45) is -11.1. The summed E-state index contributed by atoms with van der Waals surface area (Å²) in [6, 6.07) is -1.68. The first kappa shape index (κ1) is 23.6. The van der Waals surface area contributed by atoms with E-state index in [1.807, 2.05) is 0 Å². The maximum Gasteiger partial charge on any atom is 0.471 e. The van der Waals surface area contributed by atoms with Gasteiger partial charge in [0.15, 0.2) is 18.5 Å². The summed E-state index contributed by atoms with van der Waals surface area (Å²) in [5.74, 6) is -4.87. The lowest BCUT2D eigenvalue weighted by molar-refractivity contribution is -0.273. The van der Waals surface area contributed by atoms with E-state index in [1.165, 1.54) is 0 Å². The van der Waals surface area contributed by atoms with Crippen LogP contribution < -0.4 is 5.32 Å². The van der Waals surface area contributed by atoms with Crippen molar-refractivity contribution in [2.45, 2.75) is 57.6 Å². The Balaban J connectivity index is 3.27. The van der Waals surface area contributed by atoms with Gasteiger partial charge in [-0.2, -0.15) is 13.2 Å². The lowest BCUT2D eigenvalue weighted by Crippen LogP contribution is -2.67. The summed E-state index contributed by atoms with van der Waals surface area (Å²) in [5.41, 5.74) is 0. The van der Waals surface area contributed by atoms with Gasteiger partial charge in [0.1, 0.15) is 18.8 Å². The Labute approximate surface area is 157 Å². The van der Waals surface area contributed by atoms with Crippen LogP contribution in [0.3, 0.4) is 0 Å². The molecule has 1 heterocycles. The summed E-state index contributed by atoms with van der Waals surface area (Å²) in [6.45, 7) is 2.57. The predicted octanol–water partition coefficient (Wildman–Crippen LogP) is -0.169. The lowest BCUT2D eigenvalue weighted by Gasteiger charge is -2.44. The van der Waals surface area contributed by atoms with Gasteiger partial charge in [-0.25, -0.2) is 0 Å². The van der Waals surface area contributed by atoms with Gasteiger partial charge in [-0.3, -0.25) is 19.2 Å². The smallest absolute Gasteiger partial charge is 0.463 e. The van der Waals surface area contributed by atoms with Gasteiger partial charge in [-0.1, -0.05) is 0 Å². The van der Waals surface area contributed by atoms with Crippen molar-refractivity contribution in [2.75, 3.05) is 13.7 Å². The van der Waals surface area contributed by atoms with E-state index < -0.39 is 67.2 Å². The van der Waals surface area contributed by atoms with Crippen molar-refractivity contribution in [1.29, 1.82) is 0 Å². The Morgan fingerprint density at radius 2 is 1.50 bits per heavy atom. The molecule has 0 saturated carbocycles. The van der Waals surface area contributed by atoms with Crippen LogP contribution in [0.1, 0.15) is 20.8 Å². The summed E-state index contributed by atoms with van der Waals surface area (Å²) in [4.78, 5) is 45.4. The van der Waals surface area contributed by atoms with Crippen LogP contribution in [0.25, 0.3) is 0 Å². The zero-order chi connectivity index (χ0) is 21.6. The molecule has 1 aliphatic heterocycles. The second-order valence-electron chi connectivity index (χ2n) is 5.73. The number of methoxy groups -OCH3 is 1. The molecule has 0 spiro atoms. The molecule has 160 valence electrons. The van der Waals surface area contributed by atoms with Crippen LogP contribution in [0.4, 0.5) is 13.2 Å². The minimum atomic E-state index is -5.25. The Morgan fingerprint density at radius 3 is 1.93 bits per heavy atom. The number of carbonyl (C=O) groups is 4. The van der Waals surface area contributed by atoms with E-state index in [9.17, 15) is 32.3 Å². The summed E-state index contributed by atoms with van der Waals surface area (Å²) >= 11 is 0. The van der Waals surface area contributed by atoms with Crippen molar-refractivity contribution >= 4 is 23.8 Å². The van der Waals surface area contributed by atoms with Gasteiger partial charge < -0.3 is 29.0 Å². The highest BCUT2D eigenvalue weighted by molar-refractivity contribution is 5.82. The molecule has 1 amide bonds. The van der Waals surface area contributed by atoms with Gasteiger partial charge in [0.2, 0.25) is 0 Å². The maximum atomic E-state index is 12.7. The quantitative estimate of drug-likeness (QED) is 0.465. The number of hydrogen-bond donors (Lipinski definition) is 1. The van der Waals surface area contributed by atoms with Gasteiger partial charge in [-0.15, -0.1) is 0 Å². The molecule has 0 radical (unpaired) electrons. The van der Waals surface area contributed by atoms with E-state index in [2.05, 4.69) is 0 Å². The van der Waals surface area contributed by atoms with E-state index in [0.717, 1.165) is 27.9 Å². The minimum Gasteiger partial charge on any atom is -0.463 e. The molecule has 0 aromatic rings. The molecule has 28 heavy (non-hydrogen) atoms. The van der Waals surface area contributed by atoms with Crippen molar-refractivity contribution in [1.82, 2.24) is 5.32 Å². The van der Waals surface area contributed by atoms with Crippen LogP contribution in [0.15, 0.2) is 0 Å². The largest absolute Gasteiger partial charge is 0.471 e. The number of halogens is 3. The van der Waals surface area contributed by atoms with Crippen LogP contribution in [-0.4, -0.2) is 74.4 Å². The second kappa shape index (κ2) is 9.68. The monoisotopic (exact) mass is 415 g/mol. The number of alkyl halides is 3. The van der Waals surface area contributed by atoms with Gasteiger partial charge in [-0.05, 0) is 0 Å². The number of ether oxygens (including phenoxy) is 5. The third-order valence-corrected chi connectivity index (χ3v) is 3.49. The fourth-order valence-electron chi connectivity index (χ4n) is 2.49. The van der Waals surface area contributed by atoms with Gasteiger partial charge in [0.25, 0.3) is 0 Å². The first-order valence-corrected chi connectivity index (χ1v) is 7.90. The van der Waals surface area contributed by atoms with Crippen LogP contribution >= 0.6 is 0 Å². The van der Waals surface area contributed by atoms with Gasteiger partial charge in [0, 0.05) is 27.9 Å². The zero-order valence-electron chi connectivity index (χ0n) is 15.4. The fourth-order valence-corrected chi connectivity index (χ4v) is 2.49. The maximum absolute atomic E-state index is 12.7. The second-order valence-corrected chi connectivity index (χ2v) is 5.73. The lowest BCUT2D eigenvalue weighted by atomic mass is 9.96.